The normalized spacial score (nSPS) is 10.9. The Bertz CT molecular complexity index is 593. The number of hydrogen-bond acceptors (Lipinski definition) is 6. The van der Waals surface area contributed by atoms with Gasteiger partial charge in [-0.3, -0.25) is 0 Å². The van der Waals surface area contributed by atoms with E-state index in [9.17, 15) is 4.79 Å². The fraction of sp³-hybridized carbons (Fsp3) is 0.500. The quantitative estimate of drug-likeness (QED) is 0.834. The predicted molar refractivity (Wildman–Crippen MR) is 72.9 cm³/mol. The molecule has 1 N–H and O–H groups in total. The van der Waals surface area contributed by atoms with E-state index < -0.39 is 5.97 Å². The van der Waals surface area contributed by atoms with E-state index in [2.05, 4.69) is 22.2 Å². The zero-order chi connectivity index (χ0) is 14.5. The number of hydrogen-bond donors (Lipinski definition) is 1. The van der Waals surface area contributed by atoms with E-state index in [0.717, 1.165) is 23.5 Å². The molecule has 0 bridgehead atoms. The molecule has 0 aliphatic carbocycles. The van der Waals surface area contributed by atoms with Crippen LogP contribution in [0.25, 0.3) is 0 Å². The molecule has 0 amide bonds. The molecule has 108 valence electrons. The lowest BCUT2D eigenvalue weighted by atomic mass is 10.3. The number of carboxylic acids is 1. The number of methoxy groups -OCH3 is 1. The van der Waals surface area contributed by atoms with Crippen molar-refractivity contribution < 1.29 is 14.6 Å². The monoisotopic (exact) mass is 296 g/mol. The second-order valence-corrected chi connectivity index (χ2v) is 5.21. The molecule has 0 radical (unpaired) electrons. The first-order valence-electron chi connectivity index (χ1n) is 6.23. The maximum absolute atomic E-state index is 11.1. The van der Waals surface area contributed by atoms with Gasteiger partial charge in [0.15, 0.2) is 5.69 Å². The average molecular weight is 296 g/mol. The van der Waals surface area contributed by atoms with E-state index >= 15 is 0 Å². The van der Waals surface area contributed by atoms with Crippen molar-refractivity contribution in [1.29, 1.82) is 0 Å². The number of carbonyl (C=O) groups is 1. The predicted octanol–water partition coefficient (Wildman–Crippen LogP) is 1.58. The Labute approximate surface area is 120 Å². The average Bonchev–Trinajstić information content (AvgIpc) is 2.99. The van der Waals surface area contributed by atoms with Crippen molar-refractivity contribution in [2.45, 2.75) is 32.9 Å². The maximum Gasteiger partial charge on any atom is 0.358 e. The van der Waals surface area contributed by atoms with Gasteiger partial charge in [-0.2, -0.15) is 0 Å². The summed E-state index contributed by atoms with van der Waals surface area (Å²) in [5.41, 5.74) is 1.23. The molecule has 20 heavy (non-hydrogen) atoms. The van der Waals surface area contributed by atoms with E-state index in [1.807, 2.05) is 5.38 Å². The molecular formula is C12H16N4O3S. The first-order valence-corrected chi connectivity index (χ1v) is 7.11. The van der Waals surface area contributed by atoms with Gasteiger partial charge in [-0.1, -0.05) is 12.1 Å². The van der Waals surface area contributed by atoms with Crippen molar-refractivity contribution in [1.82, 2.24) is 20.0 Å². The van der Waals surface area contributed by atoms with Crippen molar-refractivity contribution in [3.05, 3.63) is 27.5 Å². The molecule has 2 rings (SSSR count). The highest BCUT2D eigenvalue weighted by molar-refractivity contribution is 7.09. The SMILES string of the molecule is CCCc1nc(Cn2nnc(C(=O)O)c2COC)cs1. The zero-order valence-corrected chi connectivity index (χ0v) is 12.2. The third-order valence-corrected chi connectivity index (χ3v) is 3.65. The minimum atomic E-state index is -1.10. The highest BCUT2D eigenvalue weighted by atomic mass is 32.1. The summed E-state index contributed by atoms with van der Waals surface area (Å²) >= 11 is 1.61. The number of nitrogens with zero attached hydrogens (tertiary/aromatic N) is 4. The Morgan fingerprint density at radius 3 is 3.00 bits per heavy atom. The Hall–Kier alpha value is -1.80. The van der Waals surface area contributed by atoms with Crippen LogP contribution in [0.3, 0.4) is 0 Å². The summed E-state index contributed by atoms with van der Waals surface area (Å²) in [5, 5.41) is 19.7. The lowest BCUT2D eigenvalue weighted by Crippen LogP contribution is -2.10. The lowest BCUT2D eigenvalue weighted by molar-refractivity contribution is 0.0684. The maximum atomic E-state index is 11.1. The van der Waals surface area contributed by atoms with Crippen molar-refractivity contribution in [3.8, 4) is 0 Å². The van der Waals surface area contributed by atoms with Crippen LogP contribution in [-0.2, 0) is 24.3 Å². The van der Waals surface area contributed by atoms with Gasteiger partial charge in [-0.25, -0.2) is 14.5 Å². The molecule has 0 saturated carbocycles. The van der Waals surface area contributed by atoms with Gasteiger partial charge >= 0.3 is 5.97 Å². The van der Waals surface area contributed by atoms with Gasteiger partial charge in [0.1, 0.15) is 0 Å². The number of thiazole rings is 1. The van der Waals surface area contributed by atoms with E-state index in [-0.39, 0.29) is 12.3 Å². The Balaban J connectivity index is 2.21. The van der Waals surface area contributed by atoms with Crippen molar-refractivity contribution >= 4 is 17.3 Å². The highest BCUT2D eigenvalue weighted by Gasteiger charge is 2.19. The molecule has 0 aliphatic rings. The first-order chi connectivity index (χ1) is 9.65. The van der Waals surface area contributed by atoms with Crippen LogP contribution < -0.4 is 0 Å². The minimum Gasteiger partial charge on any atom is -0.476 e. The smallest absolute Gasteiger partial charge is 0.358 e. The summed E-state index contributed by atoms with van der Waals surface area (Å²) in [6.07, 6.45) is 2.00. The summed E-state index contributed by atoms with van der Waals surface area (Å²) in [6.45, 7) is 2.66. The molecule has 0 aliphatic heterocycles. The van der Waals surface area contributed by atoms with Crippen LogP contribution in [-0.4, -0.2) is 38.2 Å². The van der Waals surface area contributed by atoms with Gasteiger partial charge in [0, 0.05) is 12.5 Å². The standard InChI is InChI=1S/C12H16N4O3S/c1-3-4-10-13-8(7-20-10)5-16-9(6-19-2)11(12(17)18)14-15-16/h7H,3-6H2,1-2H3,(H,17,18). The van der Waals surface area contributed by atoms with Gasteiger partial charge in [0.05, 0.1) is 29.5 Å². The van der Waals surface area contributed by atoms with Crippen LogP contribution in [0.15, 0.2) is 5.38 Å². The molecule has 0 saturated heterocycles. The van der Waals surface area contributed by atoms with Gasteiger partial charge in [0.25, 0.3) is 0 Å². The molecule has 2 aromatic heterocycles. The van der Waals surface area contributed by atoms with Gasteiger partial charge < -0.3 is 9.84 Å². The van der Waals surface area contributed by atoms with Crippen LogP contribution in [0.2, 0.25) is 0 Å². The molecule has 7 nitrogen and oxygen atoms in total. The molecule has 2 aromatic rings. The van der Waals surface area contributed by atoms with Crippen LogP contribution in [0.5, 0.6) is 0 Å². The summed E-state index contributed by atoms with van der Waals surface area (Å²) in [4.78, 5) is 15.6. The Kier molecular flexibility index (Phi) is 4.80. The summed E-state index contributed by atoms with van der Waals surface area (Å²) < 4.78 is 6.54. The third kappa shape index (κ3) is 3.20. The largest absolute Gasteiger partial charge is 0.476 e. The number of ether oxygens (including phenoxy) is 1. The van der Waals surface area contributed by atoms with Crippen molar-refractivity contribution in [3.63, 3.8) is 0 Å². The Morgan fingerprint density at radius 2 is 2.35 bits per heavy atom. The molecule has 0 unspecified atom stereocenters. The highest BCUT2D eigenvalue weighted by Crippen LogP contribution is 2.14. The van der Waals surface area contributed by atoms with Crippen molar-refractivity contribution in [2.24, 2.45) is 0 Å². The lowest BCUT2D eigenvalue weighted by Gasteiger charge is -2.04. The fourth-order valence-electron chi connectivity index (χ4n) is 1.81. The number of aromatic carboxylic acids is 1. The van der Waals surface area contributed by atoms with Gasteiger partial charge in [-0.15, -0.1) is 16.4 Å². The molecule has 8 heteroatoms. The summed E-state index contributed by atoms with van der Waals surface area (Å²) in [5.74, 6) is -1.10. The van der Waals surface area contributed by atoms with Gasteiger partial charge in [0.2, 0.25) is 0 Å². The van der Waals surface area contributed by atoms with E-state index in [4.69, 9.17) is 9.84 Å². The molecular weight excluding hydrogens is 280 g/mol. The van der Waals surface area contributed by atoms with Crippen LogP contribution in [0.4, 0.5) is 0 Å². The number of rotatable bonds is 7. The third-order valence-electron chi connectivity index (χ3n) is 2.70. The molecule has 0 atom stereocenters. The molecule has 0 fully saturated rings. The van der Waals surface area contributed by atoms with Crippen molar-refractivity contribution in [2.75, 3.05) is 7.11 Å². The Morgan fingerprint density at radius 1 is 1.55 bits per heavy atom. The fourth-order valence-corrected chi connectivity index (χ4v) is 2.70. The first kappa shape index (κ1) is 14.6. The number of carboxylic acid groups (broad SMARTS) is 1. The topological polar surface area (TPSA) is 90.1 Å². The second kappa shape index (κ2) is 6.58. The molecule has 0 aromatic carbocycles. The number of aromatic nitrogens is 4. The molecule has 2 heterocycles. The summed E-state index contributed by atoms with van der Waals surface area (Å²) in [7, 11) is 1.51. The molecule has 0 spiro atoms. The minimum absolute atomic E-state index is 0.0733. The van der Waals surface area contributed by atoms with Crippen LogP contribution in [0, 0.1) is 0 Å². The summed E-state index contributed by atoms with van der Waals surface area (Å²) in [6, 6.07) is 0. The van der Waals surface area contributed by atoms with E-state index in [1.165, 1.54) is 11.8 Å². The second-order valence-electron chi connectivity index (χ2n) is 4.26. The van der Waals surface area contributed by atoms with E-state index in [1.54, 1.807) is 11.3 Å². The van der Waals surface area contributed by atoms with Crippen LogP contribution >= 0.6 is 11.3 Å². The van der Waals surface area contributed by atoms with Gasteiger partial charge in [-0.05, 0) is 12.8 Å². The zero-order valence-electron chi connectivity index (χ0n) is 11.4. The number of aryl methyl sites for hydroxylation is 1. The van der Waals surface area contributed by atoms with E-state index in [0.29, 0.717) is 12.2 Å². The van der Waals surface area contributed by atoms with Crippen LogP contribution in [0.1, 0.15) is 40.2 Å².